The van der Waals surface area contributed by atoms with Crippen LogP contribution in [-0.2, 0) is 17.8 Å². The van der Waals surface area contributed by atoms with E-state index < -0.39 is 0 Å². The first-order valence-corrected chi connectivity index (χ1v) is 7.75. The van der Waals surface area contributed by atoms with Crippen molar-refractivity contribution < 1.29 is 13.9 Å². The third-order valence-corrected chi connectivity index (χ3v) is 3.75. The molecule has 0 radical (unpaired) electrons. The Balaban J connectivity index is 1.63. The fourth-order valence-corrected chi connectivity index (χ4v) is 2.55. The van der Waals surface area contributed by atoms with Gasteiger partial charge in [0.15, 0.2) is 6.61 Å². The van der Waals surface area contributed by atoms with Gasteiger partial charge in [0, 0.05) is 12.3 Å². The van der Waals surface area contributed by atoms with Crippen LogP contribution < -0.4 is 4.74 Å². The van der Waals surface area contributed by atoms with Crippen LogP contribution in [-0.4, -0.2) is 28.4 Å². The van der Waals surface area contributed by atoms with Crippen LogP contribution in [0.5, 0.6) is 5.75 Å². The molecule has 1 fully saturated rings. The summed E-state index contributed by atoms with van der Waals surface area (Å²) in [6.07, 6.45) is 2.89. The van der Waals surface area contributed by atoms with E-state index in [1.54, 1.807) is 0 Å². The van der Waals surface area contributed by atoms with Gasteiger partial charge in [0.2, 0.25) is 5.89 Å². The maximum Gasteiger partial charge on any atom is 0.253 e. The molecule has 0 aromatic carbocycles. The Morgan fingerprint density at radius 1 is 1.32 bits per heavy atom. The molecule has 118 valence electrons. The van der Waals surface area contributed by atoms with Crippen molar-refractivity contribution in [2.45, 2.75) is 45.6 Å². The van der Waals surface area contributed by atoms with Gasteiger partial charge in [-0.25, -0.2) is 0 Å². The molecule has 2 aromatic heterocycles. The first-order valence-electron chi connectivity index (χ1n) is 7.75. The Bertz CT molecular complexity index is 621. The van der Waals surface area contributed by atoms with Crippen LogP contribution in [0.2, 0.25) is 0 Å². The normalized spacial score (nSPS) is 18.4. The van der Waals surface area contributed by atoms with Crippen molar-refractivity contribution in [1.29, 1.82) is 0 Å². The second-order valence-corrected chi connectivity index (χ2v) is 5.49. The third kappa shape index (κ3) is 3.44. The summed E-state index contributed by atoms with van der Waals surface area (Å²) in [5.41, 5.74) is 1.93. The molecule has 1 atom stereocenters. The SMILES string of the molecule is CCc1nc(C)ccc1OCc1nnc(C2CCCOC2)o1. The molecule has 6 nitrogen and oxygen atoms in total. The summed E-state index contributed by atoms with van der Waals surface area (Å²) in [7, 11) is 0. The average molecular weight is 303 g/mol. The smallest absolute Gasteiger partial charge is 0.253 e. The minimum atomic E-state index is 0.210. The number of rotatable bonds is 5. The zero-order chi connectivity index (χ0) is 15.4. The van der Waals surface area contributed by atoms with Crippen molar-refractivity contribution >= 4 is 0 Å². The zero-order valence-electron chi connectivity index (χ0n) is 13.0. The molecule has 2 aromatic rings. The quantitative estimate of drug-likeness (QED) is 0.846. The fourth-order valence-electron chi connectivity index (χ4n) is 2.55. The van der Waals surface area contributed by atoms with Crippen molar-refractivity contribution in [2.75, 3.05) is 13.2 Å². The second kappa shape index (κ2) is 6.87. The van der Waals surface area contributed by atoms with Crippen LogP contribution in [0.1, 0.15) is 48.9 Å². The molecule has 22 heavy (non-hydrogen) atoms. The Morgan fingerprint density at radius 3 is 3.00 bits per heavy atom. The van der Waals surface area contributed by atoms with E-state index in [1.165, 1.54) is 0 Å². The molecule has 3 heterocycles. The van der Waals surface area contributed by atoms with Crippen molar-refractivity contribution in [3.8, 4) is 5.75 Å². The number of pyridine rings is 1. The Morgan fingerprint density at radius 2 is 2.23 bits per heavy atom. The van der Waals surface area contributed by atoms with Crippen LogP contribution in [0.25, 0.3) is 0 Å². The lowest BCUT2D eigenvalue weighted by molar-refractivity contribution is 0.0717. The van der Waals surface area contributed by atoms with Crippen LogP contribution in [0.15, 0.2) is 16.5 Å². The molecule has 3 rings (SSSR count). The molecule has 1 saturated heterocycles. The van der Waals surface area contributed by atoms with Crippen LogP contribution in [0, 0.1) is 6.92 Å². The summed E-state index contributed by atoms with van der Waals surface area (Å²) in [5.74, 6) is 2.12. The fraction of sp³-hybridized carbons (Fsp3) is 0.562. The van der Waals surface area contributed by atoms with Crippen molar-refractivity contribution in [2.24, 2.45) is 0 Å². The van der Waals surface area contributed by atoms with Crippen LogP contribution >= 0.6 is 0 Å². The van der Waals surface area contributed by atoms with E-state index in [9.17, 15) is 0 Å². The number of hydrogen-bond donors (Lipinski definition) is 0. The van der Waals surface area contributed by atoms with Gasteiger partial charge in [0.1, 0.15) is 5.75 Å². The second-order valence-electron chi connectivity index (χ2n) is 5.49. The van der Waals surface area contributed by atoms with Gasteiger partial charge in [-0.2, -0.15) is 0 Å². The molecule has 0 N–H and O–H groups in total. The van der Waals surface area contributed by atoms with E-state index >= 15 is 0 Å². The van der Waals surface area contributed by atoms with Gasteiger partial charge >= 0.3 is 0 Å². The predicted octanol–water partition coefficient (Wildman–Crippen LogP) is 2.81. The molecular formula is C16H21N3O3. The zero-order valence-corrected chi connectivity index (χ0v) is 13.0. The maximum atomic E-state index is 5.78. The van der Waals surface area contributed by atoms with Gasteiger partial charge in [-0.1, -0.05) is 6.92 Å². The minimum absolute atomic E-state index is 0.210. The van der Waals surface area contributed by atoms with Crippen molar-refractivity contribution in [3.05, 3.63) is 35.3 Å². The monoisotopic (exact) mass is 303 g/mol. The number of hydrogen-bond acceptors (Lipinski definition) is 6. The lowest BCUT2D eigenvalue weighted by atomic mass is 10.0. The van der Waals surface area contributed by atoms with Gasteiger partial charge in [-0.15, -0.1) is 10.2 Å². The lowest BCUT2D eigenvalue weighted by Gasteiger charge is -2.18. The molecule has 1 aliphatic rings. The Kier molecular flexibility index (Phi) is 4.68. The summed E-state index contributed by atoms with van der Waals surface area (Å²) < 4.78 is 16.9. The highest BCUT2D eigenvalue weighted by molar-refractivity contribution is 5.29. The molecule has 0 bridgehead atoms. The number of aromatic nitrogens is 3. The van der Waals surface area contributed by atoms with Crippen molar-refractivity contribution in [1.82, 2.24) is 15.2 Å². The highest BCUT2D eigenvalue weighted by Crippen LogP contribution is 2.25. The maximum absolute atomic E-state index is 5.78. The van der Waals surface area contributed by atoms with E-state index in [-0.39, 0.29) is 12.5 Å². The largest absolute Gasteiger partial charge is 0.482 e. The van der Waals surface area contributed by atoms with Gasteiger partial charge in [0.25, 0.3) is 5.89 Å². The Labute approximate surface area is 129 Å². The summed E-state index contributed by atoms with van der Waals surface area (Å²) in [5, 5.41) is 8.18. The number of aryl methyl sites for hydroxylation is 2. The first-order chi connectivity index (χ1) is 10.8. The number of ether oxygens (including phenoxy) is 2. The molecule has 0 spiro atoms. The summed E-state index contributed by atoms with van der Waals surface area (Å²) >= 11 is 0. The van der Waals surface area contributed by atoms with Crippen LogP contribution in [0.4, 0.5) is 0 Å². The number of nitrogens with zero attached hydrogens (tertiary/aromatic N) is 3. The molecule has 1 aliphatic heterocycles. The van der Waals surface area contributed by atoms with Gasteiger partial charge in [-0.3, -0.25) is 4.98 Å². The van der Waals surface area contributed by atoms with E-state index in [0.717, 1.165) is 43.0 Å². The average Bonchev–Trinajstić information content (AvgIpc) is 3.03. The van der Waals surface area contributed by atoms with Gasteiger partial charge < -0.3 is 13.9 Å². The molecule has 6 heteroatoms. The molecule has 0 aliphatic carbocycles. The minimum Gasteiger partial charge on any atom is -0.482 e. The summed E-state index contributed by atoms with van der Waals surface area (Å²) in [6.45, 7) is 5.77. The topological polar surface area (TPSA) is 70.3 Å². The highest BCUT2D eigenvalue weighted by Gasteiger charge is 2.22. The van der Waals surface area contributed by atoms with Gasteiger partial charge in [-0.05, 0) is 38.3 Å². The molecular weight excluding hydrogens is 282 g/mol. The summed E-state index contributed by atoms with van der Waals surface area (Å²) in [4.78, 5) is 4.47. The summed E-state index contributed by atoms with van der Waals surface area (Å²) in [6, 6.07) is 3.88. The van der Waals surface area contributed by atoms with Crippen molar-refractivity contribution in [3.63, 3.8) is 0 Å². The molecule has 0 saturated carbocycles. The standard InChI is InChI=1S/C16H21N3O3/c1-3-13-14(7-6-11(2)17-13)21-10-15-18-19-16(22-15)12-5-4-8-20-9-12/h6-7,12H,3-5,8-10H2,1-2H3. The predicted molar refractivity (Wildman–Crippen MR) is 79.8 cm³/mol. The van der Waals surface area contributed by atoms with E-state index in [2.05, 4.69) is 22.1 Å². The molecule has 1 unspecified atom stereocenters. The van der Waals surface area contributed by atoms with E-state index in [1.807, 2.05) is 19.1 Å². The van der Waals surface area contributed by atoms with E-state index in [0.29, 0.717) is 18.4 Å². The van der Waals surface area contributed by atoms with E-state index in [4.69, 9.17) is 13.9 Å². The lowest BCUT2D eigenvalue weighted by Crippen LogP contribution is -2.15. The third-order valence-electron chi connectivity index (χ3n) is 3.75. The van der Waals surface area contributed by atoms with Crippen LogP contribution in [0.3, 0.4) is 0 Å². The van der Waals surface area contributed by atoms with Gasteiger partial charge in [0.05, 0.1) is 18.2 Å². The highest BCUT2D eigenvalue weighted by atomic mass is 16.5. The first kappa shape index (κ1) is 15.0. The molecule has 0 amide bonds. The Hall–Kier alpha value is -1.95.